The minimum absolute atomic E-state index is 0.0608. The van der Waals surface area contributed by atoms with E-state index in [-0.39, 0.29) is 11.5 Å². The van der Waals surface area contributed by atoms with Crippen molar-refractivity contribution in [1.82, 2.24) is 0 Å². The molecule has 0 spiro atoms. The van der Waals surface area contributed by atoms with Gasteiger partial charge in [0.25, 0.3) is 5.91 Å². The van der Waals surface area contributed by atoms with Crippen molar-refractivity contribution >= 4 is 17.3 Å². The van der Waals surface area contributed by atoms with Crippen LogP contribution in [0.25, 0.3) is 0 Å². The van der Waals surface area contributed by atoms with Crippen LogP contribution in [0, 0.1) is 5.82 Å². The summed E-state index contributed by atoms with van der Waals surface area (Å²) in [5.74, 6) is -0.908. The Kier molecular flexibility index (Phi) is 3.17. The van der Waals surface area contributed by atoms with Crippen LogP contribution in [-0.4, -0.2) is 16.8 Å². The zero-order valence-electron chi connectivity index (χ0n) is 7.49. The van der Waals surface area contributed by atoms with E-state index in [0.717, 1.165) is 0 Å². The molecule has 1 rings (SSSR count). The Labute approximate surface area is 80.0 Å². The van der Waals surface area contributed by atoms with Gasteiger partial charge in [0.2, 0.25) is 0 Å². The van der Waals surface area contributed by atoms with Crippen LogP contribution in [-0.2, 0) is 4.79 Å². The molecule has 0 aliphatic heterocycles. The van der Waals surface area contributed by atoms with Crippen LogP contribution in [0.15, 0.2) is 29.4 Å². The molecule has 0 radical (unpaired) electrons. The maximum Gasteiger partial charge on any atom is 0.273 e. The topological polar surface area (TPSA) is 61.7 Å². The Morgan fingerprint density at radius 1 is 1.43 bits per heavy atom. The van der Waals surface area contributed by atoms with Crippen molar-refractivity contribution < 1.29 is 14.4 Å². The van der Waals surface area contributed by atoms with E-state index in [1.165, 1.54) is 31.2 Å². The molecule has 74 valence electrons. The summed E-state index contributed by atoms with van der Waals surface area (Å²) < 4.78 is 12.5. The summed E-state index contributed by atoms with van der Waals surface area (Å²) >= 11 is 0. The predicted molar refractivity (Wildman–Crippen MR) is 49.9 cm³/mol. The first-order valence-corrected chi connectivity index (χ1v) is 3.89. The average molecular weight is 196 g/mol. The first-order chi connectivity index (χ1) is 6.63. The van der Waals surface area contributed by atoms with Gasteiger partial charge in [-0.3, -0.25) is 4.79 Å². The van der Waals surface area contributed by atoms with Gasteiger partial charge in [0.1, 0.15) is 11.5 Å². The Balaban J connectivity index is 2.70. The summed E-state index contributed by atoms with van der Waals surface area (Å²) in [7, 11) is 0. The highest BCUT2D eigenvalue weighted by atomic mass is 19.1. The number of halogens is 1. The SMILES string of the molecule is C/C(=N\O)C(=O)Nc1ccc(F)cc1. The number of amides is 1. The van der Waals surface area contributed by atoms with Gasteiger partial charge >= 0.3 is 0 Å². The lowest BCUT2D eigenvalue weighted by Gasteiger charge is -2.02. The van der Waals surface area contributed by atoms with Crippen LogP contribution >= 0.6 is 0 Å². The molecule has 14 heavy (non-hydrogen) atoms. The first-order valence-electron chi connectivity index (χ1n) is 3.89. The lowest BCUT2D eigenvalue weighted by atomic mass is 10.3. The Hall–Kier alpha value is -1.91. The number of rotatable bonds is 2. The third-order valence-corrected chi connectivity index (χ3v) is 1.58. The highest BCUT2D eigenvalue weighted by Gasteiger charge is 2.05. The molecule has 0 unspecified atom stereocenters. The van der Waals surface area contributed by atoms with E-state index in [9.17, 15) is 9.18 Å². The number of benzene rings is 1. The number of anilines is 1. The zero-order valence-corrected chi connectivity index (χ0v) is 7.49. The van der Waals surface area contributed by atoms with Gasteiger partial charge < -0.3 is 10.5 Å². The van der Waals surface area contributed by atoms with Crippen molar-refractivity contribution in [2.45, 2.75) is 6.92 Å². The zero-order chi connectivity index (χ0) is 10.6. The molecule has 1 aromatic rings. The summed E-state index contributed by atoms with van der Waals surface area (Å²) in [4.78, 5) is 11.1. The number of carbonyl (C=O) groups is 1. The van der Waals surface area contributed by atoms with E-state index in [1.54, 1.807) is 0 Å². The Morgan fingerprint density at radius 3 is 2.50 bits per heavy atom. The third kappa shape index (κ3) is 2.55. The normalized spacial score (nSPS) is 11.1. The van der Waals surface area contributed by atoms with Gasteiger partial charge in [-0.15, -0.1) is 0 Å². The maximum atomic E-state index is 12.5. The average Bonchev–Trinajstić information content (AvgIpc) is 2.20. The van der Waals surface area contributed by atoms with Gasteiger partial charge in [-0.1, -0.05) is 5.16 Å². The predicted octanol–water partition coefficient (Wildman–Crippen LogP) is 1.61. The summed E-state index contributed by atoms with van der Waals surface area (Å²) in [6.45, 7) is 1.36. The number of hydrogen-bond donors (Lipinski definition) is 2. The summed E-state index contributed by atoms with van der Waals surface area (Å²) in [6, 6.07) is 5.28. The van der Waals surface area contributed by atoms with E-state index >= 15 is 0 Å². The van der Waals surface area contributed by atoms with Crippen LogP contribution in [0.2, 0.25) is 0 Å². The number of oxime groups is 1. The van der Waals surface area contributed by atoms with Gasteiger partial charge in [0.15, 0.2) is 0 Å². The smallest absolute Gasteiger partial charge is 0.273 e. The van der Waals surface area contributed by atoms with Crippen molar-refractivity contribution in [2.24, 2.45) is 5.16 Å². The second kappa shape index (κ2) is 4.36. The largest absolute Gasteiger partial charge is 0.410 e. The lowest BCUT2D eigenvalue weighted by Crippen LogP contribution is -2.20. The first kappa shape index (κ1) is 10.2. The van der Waals surface area contributed by atoms with Gasteiger partial charge in [0, 0.05) is 5.69 Å². The number of hydrogen-bond acceptors (Lipinski definition) is 3. The standard InChI is InChI=1S/C9H9FN2O2/c1-6(12-14)9(13)11-8-4-2-7(10)3-5-8/h2-5,14H,1H3,(H,11,13)/b12-6+. The monoisotopic (exact) mass is 196 g/mol. The molecule has 0 aromatic heterocycles. The highest BCUT2D eigenvalue weighted by molar-refractivity contribution is 6.42. The molecule has 0 heterocycles. The Bertz CT molecular complexity index is 360. The van der Waals surface area contributed by atoms with Crippen LogP contribution in [0.1, 0.15) is 6.92 Å². The van der Waals surface area contributed by atoms with Crippen LogP contribution in [0.4, 0.5) is 10.1 Å². The molecule has 1 amide bonds. The lowest BCUT2D eigenvalue weighted by molar-refractivity contribution is -0.110. The minimum Gasteiger partial charge on any atom is -0.410 e. The van der Waals surface area contributed by atoms with Crippen LogP contribution in [0.5, 0.6) is 0 Å². The van der Waals surface area contributed by atoms with E-state index in [4.69, 9.17) is 5.21 Å². The summed E-state index contributed by atoms with van der Waals surface area (Å²) in [6.07, 6.45) is 0. The van der Waals surface area contributed by atoms with Gasteiger partial charge in [0.05, 0.1) is 0 Å². The third-order valence-electron chi connectivity index (χ3n) is 1.58. The molecule has 1 aromatic carbocycles. The molecule has 0 bridgehead atoms. The molecule has 0 aliphatic rings. The van der Waals surface area contributed by atoms with E-state index in [1.807, 2.05) is 0 Å². The van der Waals surface area contributed by atoms with Crippen molar-refractivity contribution in [3.8, 4) is 0 Å². The quantitative estimate of drug-likeness (QED) is 0.429. The van der Waals surface area contributed by atoms with Crippen molar-refractivity contribution in [2.75, 3.05) is 5.32 Å². The highest BCUT2D eigenvalue weighted by Crippen LogP contribution is 2.07. The number of nitrogens with zero attached hydrogens (tertiary/aromatic N) is 1. The van der Waals surface area contributed by atoms with Crippen molar-refractivity contribution in [3.05, 3.63) is 30.1 Å². The molecule has 0 saturated carbocycles. The molecule has 4 nitrogen and oxygen atoms in total. The van der Waals surface area contributed by atoms with Crippen molar-refractivity contribution in [3.63, 3.8) is 0 Å². The van der Waals surface area contributed by atoms with Gasteiger partial charge in [-0.05, 0) is 31.2 Å². The molecule has 0 atom stereocenters. The number of carbonyl (C=O) groups excluding carboxylic acids is 1. The fourth-order valence-electron chi connectivity index (χ4n) is 0.800. The second-order valence-electron chi connectivity index (χ2n) is 2.65. The van der Waals surface area contributed by atoms with Gasteiger partial charge in [-0.2, -0.15) is 0 Å². The molecular weight excluding hydrogens is 187 g/mol. The van der Waals surface area contributed by atoms with Crippen LogP contribution in [0.3, 0.4) is 0 Å². The molecule has 0 fully saturated rings. The van der Waals surface area contributed by atoms with E-state index in [2.05, 4.69) is 10.5 Å². The summed E-state index contributed by atoms with van der Waals surface area (Å²) in [5, 5.41) is 13.5. The fourth-order valence-corrected chi connectivity index (χ4v) is 0.800. The van der Waals surface area contributed by atoms with Crippen molar-refractivity contribution in [1.29, 1.82) is 0 Å². The molecule has 2 N–H and O–H groups in total. The van der Waals surface area contributed by atoms with E-state index < -0.39 is 5.91 Å². The van der Waals surface area contributed by atoms with Crippen LogP contribution < -0.4 is 5.32 Å². The molecule has 5 heteroatoms. The number of nitrogens with one attached hydrogen (secondary N) is 1. The van der Waals surface area contributed by atoms with E-state index in [0.29, 0.717) is 5.69 Å². The molecule has 0 aliphatic carbocycles. The minimum atomic E-state index is -0.529. The van der Waals surface area contributed by atoms with Gasteiger partial charge in [-0.25, -0.2) is 4.39 Å². The fraction of sp³-hybridized carbons (Fsp3) is 0.111. The Morgan fingerprint density at radius 2 is 2.00 bits per heavy atom. The molecule has 0 saturated heterocycles. The maximum absolute atomic E-state index is 12.5. The summed E-state index contributed by atoms with van der Waals surface area (Å²) in [5.41, 5.74) is 0.383. The second-order valence-corrected chi connectivity index (χ2v) is 2.65. The molecular formula is C9H9FN2O2.